The van der Waals surface area contributed by atoms with E-state index < -0.39 is 0 Å². The molecule has 0 saturated carbocycles. The van der Waals surface area contributed by atoms with Crippen molar-refractivity contribution in [3.63, 3.8) is 0 Å². The van der Waals surface area contributed by atoms with Gasteiger partial charge in [-0.2, -0.15) is 0 Å². The molecule has 2 rings (SSSR count). The number of nitrogens with one attached hydrogen (secondary N) is 2. The summed E-state index contributed by atoms with van der Waals surface area (Å²) in [7, 11) is 0. The molecule has 104 valence electrons. The number of fused-ring (bicyclic) bond motifs is 1. The highest BCUT2D eigenvalue weighted by molar-refractivity contribution is 5.78. The molecule has 19 heavy (non-hydrogen) atoms. The molecule has 1 aromatic carbocycles. The summed E-state index contributed by atoms with van der Waals surface area (Å²) in [6.45, 7) is 5.71. The third-order valence-corrected chi connectivity index (χ3v) is 3.84. The first kappa shape index (κ1) is 14.1. The number of carbonyl (C=O) groups excluding carboxylic acids is 1. The predicted molar refractivity (Wildman–Crippen MR) is 78.1 cm³/mol. The topological polar surface area (TPSA) is 41.1 Å². The maximum atomic E-state index is 12.1. The Hall–Kier alpha value is -1.35. The molecule has 1 aromatic rings. The first-order valence-electron chi connectivity index (χ1n) is 7.28. The van der Waals surface area contributed by atoms with E-state index in [0.717, 1.165) is 32.4 Å². The van der Waals surface area contributed by atoms with Crippen LogP contribution in [0.1, 0.15) is 31.4 Å². The quantitative estimate of drug-likeness (QED) is 0.849. The molecular formula is C16H24N2O. The molecule has 1 amide bonds. The SMILES string of the molecule is CCNCC(C)C(=O)NC1CCc2ccccc2C1. The maximum absolute atomic E-state index is 12.1. The summed E-state index contributed by atoms with van der Waals surface area (Å²) in [6, 6.07) is 8.84. The normalized spacial score (nSPS) is 19.6. The van der Waals surface area contributed by atoms with Crippen molar-refractivity contribution in [1.82, 2.24) is 10.6 Å². The molecular weight excluding hydrogens is 236 g/mol. The van der Waals surface area contributed by atoms with E-state index >= 15 is 0 Å². The Morgan fingerprint density at radius 1 is 1.37 bits per heavy atom. The summed E-state index contributed by atoms with van der Waals surface area (Å²) in [5.74, 6) is 0.211. The molecule has 2 unspecified atom stereocenters. The number of hydrogen-bond donors (Lipinski definition) is 2. The van der Waals surface area contributed by atoms with Crippen molar-refractivity contribution < 1.29 is 4.79 Å². The summed E-state index contributed by atoms with van der Waals surface area (Å²) < 4.78 is 0. The second-order valence-electron chi connectivity index (χ2n) is 5.43. The largest absolute Gasteiger partial charge is 0.353 e. The zero-order valence-electron chi connectivity index (χ0n) is 11.9. The number of aryl methyl sites for hydroxylation is 1. The minimum absolute atomic E-state index is 0.0390. The molecule has 0 aromatic heterocycles. The average molecular weight is 260 g/mol. The lowest BCUT2D eigenvalue weighted by Gasteiger charge is -2.26. The average Bonchev–Trinajstić information content (AvgIpc) is 2.44. The van der Waals surface area contributed by atoms with Crippen molar-refractivity contribution in [3.8, 4) is 0 Å². The zero-order valence-corrected chi connectivity index (χ0v) is 11.9. The lowest BCUT2D eigenvalue weighted by molar-refractivity contribution is -0.125. The highest BCUT2D eigenvalue weighted by Gasteiger charge is 2.21. The van der Waals surface area contributed by atoms with Gasteiger partial charge >= 0.3 is 0 Å². The minimum Gasteiger partial charge on any atom is -0.353 e. The van der Waals surface area contributed by atoms with Crippen LogP contribution in [0, 0.1) is 5.92 Å². The van der Waals surface area contributed by atoms with Crippen LogP contribution in [0.15, 0.2) is 24.3 Å². The molecule has 0 spiro atoms. The number of rotatable bonds is 5. The predicted octanol–water partition coefficient (Wildman–Crippen LogP) is 1.91. The van der Waals surface area contributed by atoms with Gasteiger partial charge in [0, 0.05) is 18.5 Å². The fraction of sp³-hybridized carbons (Fsp3) is 0.562. The van der Waals surface area contributed by atoms with Gasteiger partial charge in [-0.05, 0) is 36.9 Å². The monoisotopic (exact) mass is 260 g/mol. The summed E-state index contributed by atoms with van der Waals surface area (Å²) in [6.07, 6.45) is 3.09. The number of benzene rings is 1. The van der Waals surface area contributed by atoms with Gasteiger partial charge in [-0.1, -0.05) is 38.1 Å². The molecule has 3 nitrogen and oxygen atoms in total. The summed E-state index contributed by atoms with van der Waals surface area (Å²) in [4.78, 5) is 12.1. The van der Waals surface area contributed by atoms with Gasteiger partial charge in [-0.15, -0.1) is 0 Å². The van der Waals surface area contributed by atoms with Crippen LogP contribution in [-0.2, 0) is 17.6 Å². The van der Waals surface area contributed by atoms with Gasteiger partial charge < -0.3 is 10.6 Å². The van der Waals surface area contributed by atoms with Crippen molar-refractivity contribution in [2.24, 2.45) is 5.92 Å². The maximum Gasteiger partial charge on any atom is 0.224 e. The van der Waals surface area contributed by atoms with E-state index in [1.54, 1.807) is 0 Å². The van der Waals surface area contributed by atoms with Crippen molar-refractivity contribution in [3.05, 3.63) is 35.4 Å². The van der Waals surface area contributed by atoms with Gasteiger partial charge in [0.2, 0.25) is 5.91 Å². The highest BCUT2D eigenvalue weighted by Crippen LogP contribution is 2.21. The van der Waals surface area contributed by atoms with Crippen LogP contribution in [0.5, 0.6) is 0 Å². The highest BCUT2D eigenvalue weighted by atomic mass is 16.1. The van der Waals surface area contributed by atoms with E-state index in [1.165, 1.54) is 11.1 Å². The second kappa shape index (κ2) is 6.71. The Morgan fingerprint density at radius 2 is 2.11 bits per heavy atom. The zero-order chi connectivity index (χ0) is 13.7. The van der Waals surface area contributed by atoms with Crippen molar-refractivity contribution in [2.75, 3.05) is 13.1 Å². The van der Waals surface area contributed by atoms with E-state index in [2.05, 4.69) is 41.8 Å². The summed E-state index contributed by atoms with van der Waals surface area (Å²) >= 11 is 0. The van der Waals surface area contributed by atoms with Crippen LogP contribution in [0.3, 0.4) is 0 Å². The molecule has 2 atom stereocenters. The van der Waals surface area contributed by atoms with Crippen LogP contribution in [0.25, 0.3) is 0 Å². The Morgan fingerprint density at radius 3 is 2.84 bits per heavy atom. The Bertz CT molecular complexity index is 431. The van der Waals surface area contributed by atoms with Crippen molar-refractivity contribution >= 4 is 5.91 Å². The molecule has 0 heterocycles. The van der Waals surface area contributed by atoms with Gasteiger partial charge in [0.15, 0.2) is 0 Å². The van der Waals surface area contributed by atoms with E-state index in [-0.39, 0.29) is 11.8 Å². The standard InChI is InChI=1S/C16H24N2O/c1-3-17-11-12(2)16(19)18-15-9-8-13-6-4-5-7-14(13)10-15/h4-7,12,15,17H,3,8-11H2,1-2H3,(H,18,19). The smallest absolute Gasteiger partial charge is 0.224 e. The Balaban J connectivity index is 1.86. The molecule has 0 bridgehead atoms. The van der Waals surface area contributed by atoms with E-state index in [9.17, 15) is 4.79 Å². The van der Waals surface area contributed by atoms with E-state index in [0.29, 0.717) is 6.04 Å². The molecule has 1 aliphatic carbocycles. The van der Waals surface area contributed by atoms with Gasteiger partial charge in [0.25, 0.3) is 0 Å². The fourth-order valence-corrected chi connectivity index (χ4v) is 2.62. The second-order valence-corrected chi connectivity index (χ2v) is 5.43. The molecule has 2 N–H and O–H groups in total. The molecule has 3 heteroatoms. The van der Waals surface area contributed by atoms with Gasteiger partial charge in [0.05, 0.1) is 0 Å². The Labute approximate surface area is 115 Å². The van der Waals surface area contributed by atoms with Crippen LogP contribution >= 0.6 is 0 Å². The van der Waals surface area contributed by atoms with Gasteiger partial charge in [0.1, 0.15) is 0 Å². The summed E-state index contributed by atoms with van der Waals surface area (Å²) in [5, 5.41) is 6.41. The van der Waals surface area contributed by atoms with Gasteiger partial charge in [-0.3, -0.25) is 4.79 Å². The van der Waals surface area contributed by atoms with Crippen molar-refractivity contribution in [2.45, 2.75) is 39.2 Å². The summed E-state index contributed by atoms with van der Waals surface area (Å²) in [5.41, 5.74) is 2.83. The third kappa shape index (κ3) is 3.80. The molecule has 0 aliphatic heterocycles. The Kier molecular flexibility index (Phi) is 4.97. The van der Waals surface area contributed by atoms with Crippen LogP contribution in [-0.4, -0.2) is 25.0 Å². The molecule has 0 fully saturated rings. The number of amides is 1. The lowest BCUT2D eigenvalue weighted by atomic mass is 9.88. The first-order chi connectivity index (χ1) is 9.20. The first-order valence-corrected chi connectivity index (χ1v) is 7.28. The number of carbonyl (C=O) groups is 1. The van der Waals surface area contributed by atoms with E-state index in [1.807, 2.05) is 6.92 Å². The molecule has 0 radical (unpaired) electrons. The molecule has 0 saturated heterocycles. The minimum atomic E-state index is 0.0390. The third-order valence-electron chi connectivity index (χ3n) is 3.84. The lowest BCUT2D eigenvalue weighted by Crippen LogP contribution is -2.43. The van der Waals surface area contributed by atoms with Crippen LogP contribution < -0.4 is 10.6 Å². The van der Waals surface area contributed by atoms with Crippen molar-refractivity contribution in [1.29, 1.82) is 0 Å². The number of hydrogen-bond acceptors (Lipinski definition) is 2. The molecule has 1 aliphatic rings. The van der Waals surface area contributed by atoms with Gasteiger partial charge in [-0.25, -0.2) is 0 Å². The van der Waals surface area contributed by atoms with Crippen LogP contribution in [0.2, 0.25) is 0 Å². The van der Waals surface area contributed by atoms with Crippen LogP contribution in [0.4, 0.5) is 0 Å². The van der Waals surface area contributed by atoms with E-state index in [4.69, 9.17) is 0 Å². The fourth-order valence-electron chi connectivity index (χ4n) is 2.62.